The molecule has 0 atom stereocenters. The molecule has 0 spiro atoms. The molecule has 0 aliphatic carbocycles. The summed E-state index contributed by atoms with van der Waals surface area (Å²) < 4.78 is 0. The van der Waals surface area contributed by atoms with Crippen LogP contribution >= 0.6 is 11.6 Å². The van der Waals surface area contributed by atoms with Crippen molar-refractivity contribution in [3.63, 3.8) is 0 Å². The molecule has 0 unspecified atom stereocenters. The van der Waals surface area contributed by atoms with E-state index in [0.29, 0.717) is 32.4 Å². The number of rotatable bonds is 4. The topological polar surface area (TPSA) is 37.4 Å². The molecule has 1 aromatic carbocycles. The Kier molecular flexibility index (Phi) is 4.97. The quantitative estimate of drug-likeness (QED) is 0.850. The van der Waals surface area contributed by atoms with Gasteiger partial charge in [0.05, 0.1) is 0 Å². The molecule has 1 aliphatic heterocycles. The van der Waals surface area contributed by atoms with E-state index < -0.39 is 0 Å². The lowest BCUT2D eigenvalue weighted by molar-refractivity contribution is -0.134. The first-order valence-corrected chi connectivity index (χ1v) is 7.07. The Morgan fingerprint density at radius 3 is 2.42 bits per heavy atom. The van der Waals surface area contributed by atoms with Crippen molar-refractivity contribution in [3.8, 4) is 0 Å². The van der Waals surface area contributed by atoms with Gasteiger partial charge in [0.2, 0.25) is 5.91 Å². The van der Waals surface area contributed by atoms with Gasteiger partial charge in [-0.2, -0.15) is 0 Å². The van der Waals surface area contributed by atoms with Crippen LogP contribution in [0.1, 0.15) is 31.2 Å². The summed E-state index contributed by atoms with van der Waals surface area (Å²) in [5.74, 6) is 0.437. The molecule has 0 N–H and O–H groups in total. The summed E-state index contributed by atoms with van der Waals surface area (Å²) >= 11 is 5.82. The zero-order valence-electron chi connectivity index (χ0n) is 10.9. The van der Waals surface area contributed by atoms with Gasteiger partial charge < -0.3 is 4.90 Å². The minimum atomic E-state index is 0.168. The van der Waals surface area contributed by atoms with Crippen LogP contribution < -0.4 is 0 Å². The minimum absolute atomic E-state index is 0.168. The van der Waals surface area contributed by atoms with Gasteiger partial charge in [0.15, 0.2) is 0 Å². The fourth-order valence-corrected chi connectivity index (χ4v) is 2.38. The largest absolute Gasteiger partial charge is 0.342 e. The number of carbonyl (C=O) groups excluding carboxylic acids is 2. The van der Waals surface area contributed by atoms with Crippen LogP contribution in [-0.2, 0) is 16.0 Å². The van der Waals surface area contributed by atoms with Crippen LogP contribution in [0.25, 0.3) is 0 Å². The highest BCUT2D eigenvalue weighted by Gasteiger charge is 2.19. The number of amides is 1. The van der Waals surface area contributed by atoms with Gasteiger partial charge in [-0.05, 0) is 30.5 Å². The summed E-state index contributed by atoms with van der Waals surface area (Å²) in [4.78, 5) is 24.9. The van der Waals surface area contributed by atoms with Crippen molar-refractivity contribution >= 4 is 23.3 Å². The number of Topliss-reactive ketones (excluding diaryl/α,β-unsaturated/α-hetero) is 1. The predicted octanol–water partition coefficient (Wildman–Crippen LogP) is 2.85. The predicted molar refractivity (Wildman–Crippen MR) is 75.2 cm³/mol. The Labute approximate surface area is 118 Å². The Bertz CT molecular complexity index is 446. The maximum absolute atomic E-state index is 11.9. The van der Waals surface area contributed by atoms with Crippen LogP contribution in [0.3, 0.4) is 0 Å². The molecule has 19 heavy (non-hydrogen) atoms. The number of aryl methyl sites for hydroxylation is 1. The molecular formula is C15H18ClNO2. The van der Waals surface area contributed by atoms with Gasteiger partial charge in [0, 0.05) is 37.4 Å². The molecule has 1 saturated heterocycles. The Morgan fingerprint density at radius 1 is 1.16 bits per heavy atom. The molecule has 0 bridgehead atoms. The lowest BCUT2D eigenvalue weighted by Crippen LogP contribution is -2.38. The summed E-state index contributed by atoms with van der Waals surface area (Å²) in [6, 6.07) is 7.72. The summed E-state index contributed by atoms with van der Waals surface area (Å²) in [5, 5.41) is 0.734. The van der Waals surface area contributed by atoms with Crippen molar-refractivity contribution in [3.05, 3.63) is 34.9 Å². The van der Waals surface area contributed by atoms with Crippen LogP contribution in [0.2, 0.25) is 5.02 Å². The number of halogens is 1. The number of likely N-dealkylation sites (tertiary alicyclic amines) is 1. The molecule has 4 heteroatoms. The molecule has 0 aromatic heterocycles. The highest BCUT2D eigenvalue weighted by atomic mass is 35.5. The van der Waals surface area contributed by atoms with Crippen molar-refractivity contribution in [1.29, 1.82) is 0 Å². The zero-order chi connectivity index (χ0) is 13.7. The number of piperidine rings is 1. The SMILES string of the molecule is O=C1CCN(C(=O)CCCc2ccc(Cl)cc2)CC1. The second kappa shape index (κ2) is 6.71. The smallest absolute Gasteiger partial charge is 0.222 e. The van der Waals surface area contributed by atoms with E-state index in [4.69, 9.17) is 11.6 Å². The molecule has 3 nitrogen and oxygen atoms in total. The highest BCUT2D eigenvalue weighted by molar-refractivity contribution is 6.30. The van der Waals surface area contributed by atoms with Gasteiger partial charge in [-0.3, -0.25) is 9.59 Å². The van der Waals surface area contributed by atoms with Crippen molar-refractivity contribution < 1.29 is 9.59 Å². The number of carbonyl (C=O) groups is 2. The molecule has 1 aromatic rings. The Hall–Kier alpha value is -1.35. The number of benzene rings is 1. The van der Waals surface area contributed by atoms with E-state index in [1.54, 1.807) is 0 Å². The second-order valence-corrected chi connectivity index (χ2v) is 5.34. The third kappa shape index (κ3) is 4.35. The van der Waals surface area contributed by atoms with Gasteiger partial charge >= 0.3 is 0 Å². The van der Waals surface area contributed by atoms with Crippen LogP contribution in [0.4, 0.5) is 0 Å². The standard InChI is InChI=1S/C15H18ClNO2/c16-13-6-4-12(5-7-13)2-1-3-15(19)17-10-8-14(18)9-11-17/h4-7H,1-3,8-11H2. The number of ketones is 1. The average Bonchev–Trinajstić information content (AvgIpc) is 2.41. The van der Waals surface area contributed by atoms with Crippen molar-refractivity contribution in [1.82, 2.24) is 4.90 Å². The lowest BCUT2D eigenvalue weighted by Gasteiger charge is -2.26. The minimum Gasteiger partial charge on any atom is -0.342 e. The number of nitrogens with zero attached hydrogens (tertiary/aromatic N) is 1. The average molecular weight is 280 g/mol. The monoisotopic (exact) mass is 279 g/mol. The molecule has 1 fully saturated rings. The highest BCUT2D eigenvalue weighted by Crippen LogP contribution is 2.13. The van der Waals surface area contributed by atoms with Gasteiger partial charge in [-0.25, -0.2) is 0 Å². The lowest BCUT2D eigenvalue weighted by atomic mass is 10.1. The molecular weight excluding hydrogens is 262 g/mol. The van der Waals surface area contributed by atoms with Crippen molar-refractivity contribution in [2.75, 3.05) is 13.1 Å². The Morgan fingerprint density at radius 2 is 1.79 bits per heavy atom. The first kappa shape index (κ1) is 14.1. The third-order valence-corrected chi connectivity index (χ3v) is 3.70. The number of hydrogen-bond acceptors (Lipinski definition) is 2. The fraction of sp³-hybridized carbons (Fsp3) is 0.467. The van der Waals surface area contributed by atoms with E-state index in [1.807, 2.05) is 29.2 Å². The molecule has 2 rings (SSSR count). The van der Waals surface area contributed by atoms with Gasteiger partial charge in [-0.15, -0.1) is 0 Å². The van der Waals surface area contributed by atoms with Crippen molar-refractivity contribution in [2.24, 2.45) is 0 Å². The van der Waals surface area contributed by atoms with Crippen LogP contribution in [0, 0.1) is 0 Å². The van der Waals surface area contributed by atoms with Gasteiger partial charge in [0.1, 0.15) is 5.78 Å². The molecule has 102 valence electrons. The fourth-order valence-electron chi connectivity index (χ4n) is 2.26. The second-order valence-electron chi connectivity index (χ2n) is 4.90. The van der Waals surface area contributed by atoms with E-state index in [9.17, 15) is 9.59 Å². The van der Waals surface area contributed by atoms with E-state index >= 15 is 0 Å². The normalized spacial score (nSPS) is 15.6. The van der Waals surface area contributed by atoms with E-state index in [0.717, 1.165) is 17.9 Å². The number of hydrogen-bond donors (Lipinski definition) is 0. The molecule has 1 aliphatic rings. The van der Waals surface area contributed by atoms with Crippen LogP contribution in [0.15, 0.2) is 24.3 Å². The summed E-state index contributed by atoms with van der Waals surface area (Å²) in [7, 11) is 0. The maximum atomic E-state index is 11.9. The van der Waals surface area contributed by atoms with Gasteiger partial charge in [-0.1, -0.05) is 23.7 Å². The van der Waals surface area contributed by atoms with E-state index in [1.165, 1.54) is 5.56 Å². The summed E-state index contributed by atoms with van der Waals surface area (Å²) in [5.41, 5.74) is 1.20. The third-order valence-electron chi connectivity index (χ3n) is 3.44. The molecule has 0 radical (unpaired) electrons. The maximum Gasteiger partial charge on any atom is 0.222 e. The van der Waals surface area contributed by atoms with Gasteiger partial charge in [0.25, 0.3) is 0 Å². The molecule has 1 heterocycles. The Balaban J connectivity index is 1.72. The zero-order valence-corrected chi connectivity index (χ0v) is 11.7. The summed E-state index contributed by atoms with van der Waals surface area (Å²) in [6.07, 6.45) is 3.31. The van der Waals surface area contributed by atoms with Crippen molar-refractivity contribution in [2.45, 2.75) is 32.1 Å². The first-order valence-electron chi connectivity index (χ1n) is 6.69. The first-order chi connectivity index (χ1) is 9.15. The summed E-state index contributed by atoms with van der Waals surface area (Å²) in [6.45, 7) is 1.19. The van der Waals surface area contributed by atoms with Crippen LogP contribution in [0.5, 0.6) is 0 Å². The van der Waals surface area contributed by atoms with Crippen LogP contribution in [-0.4, -0.2) is 29.7 Å². The molecule has 0 saturated carbocycles. The molecule has 1 amide bonds. The van der Waals surface area contributed by atoms with E-state index in [2.05, 4.69) is 0 Å². The van der Waals surface area contributed by atoms with E-state index in [-0.39, 0.29) is 11.7 Å².